The van der Waals surface area contributed by atoms with E-state index in [2.05, 4.69) is 69.4 Å². The molecule has 0 saturated heterocycles. The van der Waals surface area contributed by atoms with Crippen molar-refractivity contribution in [2.45, 2.75) is 18.9 Å². The van der Waals surface area contributed by atoms with Gasteiger partial charge in [-0.1, -0.05) is 30.3 Å². The molecule has 1 fully saturated rings. The standard InChI is InChI=1S/C18H23N3S/c1-19-18(21(2)12-14-8-9-22-13-14)20-11-16-10-17(16)15-6-4-3-5-7-15/h3-9,13,16-17H,10-12H2,1-2H3,(H,19,20). The summed E-state index contributed by atoms with van der Waals surface area (Å²) in [6, 6.07) is 13.0. The Bertz CT molecular complexity index is 607. The largest absolute Gasteiger partial charge is 0.356 e. The normalized spacial score (nSPS) is 20.7. The van der Waals surface area contributed by atoms with Gasteiger partial charge in [0.25, 0.3) is 0 Å². The second-order valence-corrected chi connectivity index (χ2v) is 6.71. The molecule has 1 aliphatic rings. The molecule has 1 aliphatic carbocycles. The van der Waals surface area contributed by atoms with E-state index in [9.17, 15) is 0 Å². The van der Waals surface area contributed by atoms with E-state index < -0.39 is 0 Å². The lowest BCUT2D eigenvalue weighted by Crippen LogP contribution is -2.39. The van der Waals surface area contributed by atoms with E-state index in [4.69, 9.17) is 0 Å². The number of thiophene rings is 1. The molecule has 0 aliphatic heterocycles. The molecule has 3 rings (SSSR count). The van der Waals surface area contributed by atoms with Crippen molar-refractivity contribution in [2.24, 2.45) is 10.9 Å². The highest BCUT2D eigenvalue weighted by Crippen LogP contribution is 2.46. The summed E-state index contributed by atoms with van der Waals surface area (Å²) in [5, 5.41) is 7.83. The summed E-state index contributed by atoms with van der Waals surface area (Å²) >= 11 is 1.74. The minimum atomic E-state index is 0.717. The van der Waals surface area contributed by atoms with Crippen molar-refractivity contribution in [2.75, 3.05) is 20.6 Å². The van der Waals surface area contributed by atoms with E-state index in [1.165, 1.54) is 17.5 Å². The number of rotatable bonds is 5. The molecule has 0 spiro atoms. The Morgan fingerprint density at radius 2 is 2.14 bits per heavy atom. The number of aliphatic imine (C=N–C) groups is 1. The zero-order chi connectivity index (χ0) is 15.4. The van der Waals surface area contributed by atoms with Crippen LogP contribution in [0.3, 0.4) is 0 Å². The van der Waals surface area contributed by atoms with E-state index in [1.54, 1.807) is 11.3 Å². The van der Waals surface area contributed by atoms with Crippen LogP contribution < -0.4 is 5.32 Å². The summed E-state index contributed by atoms with van der Waals surface area (Å²) in [5.74, 6) is 2.42. The quantitative estimate of drug-likeness (QED) is 0.675. The van der Waals surface area contributed by atoms with Crippen molar-refractivity contribution >= 4 is 17.3 Å². The Morgan fingerprint density at radius 1 is 1.32 bits per heavy atom. The second kappa shape index (κ2) is 6.97. The zero-order valence-corrected chi connectivity index (χ0v) is 14.0. The lowest BCUT2D eigenvalue weighted by molar-refractivity contribution is 0.475. The average molecular weight is 313 g/mol. The molecule has 2 unspecified atom stereocenters. The van der Waals surface area contributed by atoms with Crippen LogP contribution in [-0.2, 0) is 6.54 Å². The molecular weight excluding hydrogens is 290 g/mol. The molecule has 0 radical (unpaired) electrons. The number of nitrogens with zero attached hydrogens (tertiary/aromatic N) is 2. The average Bonchev–Trinajstić information content (AvgIpc) is 3.15. The molecule has 1 aromatic carbocycles. The van der Waals surface area contributed by atoms with Gasteiger partial charge < -0.3 is 10.2 Å². The Labute approximate surface area is 136 Å². The lowest BCUT2D eigenvalue weighted by atomic mass is 10.1. The van der Waals surface area contributed by atoms with Crippen molar-refractivity contribution in [3.63, 3.8) is 0 Å². The van der Waals surface area contributed by atoms with E-state index >= 15 is 0 Å². The van der Waals surface area contributed by atoms with Crippen LogP contribution in [0.25, 0.3) is 0 Å². The van der Waals surface area contributed by atoms with E-state index in [-0.39, 0.29) is 0 Å². The SMILES string of the molecule is CN=C(NCC1CC1c1ccccc1)N(C)Cc1ccsc1. The first kappa shape index (κ1) is 15.1. The highest BCUT2D eigenvalue weighted by atomic mass is 32.1. The minimum Gasteiger partial charge on any atom is -0.356 e. The van der Waals surface area contributed by atoms with Crippen molar-refractivity contribution in [1.82, 2.24) is 10.2 Å². The maximum atomic E-state index is 4.40. The van der Waals surface area contributed by atoms with Gasteiger partial charge in [0.2, 0.25) is 0 Å². The van der Waals surface area contributed by atoms with Crippen molar-refractivity contribution in [3.05, 3.63) is 58.3 Å². The van der Waals surface area contributed by atoms with Crippen LogP contribution in [0.2, 0.25) is 0 Å². The minimum absolute atomic E-state index is 0.717. The third-order valence-corrected chi connectivity index (χ3v) is 4.98. The Balaban J connectivity index is 1.48. The molecule has 1 saturated carbocycles. The summed E-state index contributed by atoms with van der Waals surface area (Å²) in [5.41, 5.74) is 2.81. The molecule has 3 nitrogen and oxygen atoms in total. The van der Waals surface area contributed by atoms with Crippen molar-refractivity contribution in [3.8, 4) is 0 Å². The molecule has 4 heteroatoms. The van der Waals surface area contributed by atoms with Crippen molar-refractivity contribution in [1.29, 1.82) is 0 Å². The Morgan fingerprint density at radius 3 is 2.82 bits per heavy atom. The van der Waals surface area contributed by atoms with Gasteiger partial charge in [-0.2, -0.15) is 11.3 Å². The van der Waals surface area contributed by atoms with Crippen LogP contribution in [0.5, 0.6) is 0 Å². The van der Waals surface area contributed by atoms with Crippen LogP contribution in [0.4, 0.5) is 0 Å². The fraction of sp³-hybridized carbons (Fsp3) is 0.389. The van der Waals surface area contributed by atoms with Gasteiger partial charge in [0.1, 0.15) is 0 Å². The molecule has 0 amide bonds. The van der Waals surface area contributed by atoms with Gasteiger partial charge in [-0.3, -0.25) is 4.99 Å². The van der Waals surface area contributed by atoms with Gasteiger partial charge in [-0.15, -0.1) is 0 Å². The fourth-order valence-electron chi connectivity index (χ4n) is 2.92. The summed E-state index contributed by atoms with van der Waals surface area (Å²) in [7, 11) is 3.95. The second-order valence-electron chi connectivity index (χ2n) is 5.93. The maximum Gasteiger partial charge on any atom is 0.193 e. The zero-order valence-electron chi connectivity index (χ0n) is 13.2. The number of hydrogen-bond acceptors (Lipinski definition) is 2. The monoisotopic (exact) mass is 313 g/mol. The van der Waals surface area contributed by atoms with Gasteiger partial charge >= 0.3 is 0 Å². The van der Waals surface area contributed by atoms with Gasteiger partial charge in [0.15, 0.2) is 5.96 Å². The topological polar surface area (TPSA) is 27.6 Å². The molecular formula is C18H23N3S. The first-order chi connectivity index (χ1) is 10.8. The van der Waals surface area contributed by atoms with Gasteiger partial charge in [0.05, 0.1) is 0 Å². The third-order valence-electron chi connectivity index (χ3n) is 4.25. The number of guanidine groups is 1. The van der Waals surface area contributed by atoms with Crippen molar-refractivity contribution < 1.29 is 0 Å². The highest BCUT2D eigenvalue weighted by Gasteiger charge is 2.37. The first-order valence-corrected chi connectivity index (χ1v) is 8.70. The van der Waals surface area contributed by atoms with Gasteiger partial charge in [-0.25, -0.2) is 0 Å². The predicted molar refractivity (Wildman–Crippen MR) is 94.4 cm³/mol. The Hall–Kier alpha value is -1.81. The van der Waals surface area contributed by atoms with Gasteiger partial charge in [0, 0.05) is 27.2 Å². The molecule has 22 heavy (non-hydrogen) atoms. The van der Waals surface area contributed by atoms with Crippen LogP contribution >= 0.6 is 11.3 Å². The van der Waals surface area contributed by atoms with E-state index in [0.29, 0.717) is 5.92 Å². The molecule has 1 N–H and O–H groups in total. The molecule has 1 aromatic heterocycles. The molecule has 1 heterocycles. The van der Waals surface area contributed by atoms with E-state index in [0.717, 1.165) is 25.0 Å². The van der Waals surface area contributed by atoms with Crippen LogP contribution in [0.15, 0.2) is 52.2 Å². The predicted octanol–water partition coefficient (Wildman–Crippen LogP) is 3.56. The Kier molecular flexibility index (Phi) is 4.78. The maximum absolute atomic E-state index is 4.40. The van der Waals surface area contributed by atoms with Crippen LogP contribution in [0, 0.1) is 5.92 Å². The summed E-state index contributed by atoms with van der Waals surface area (Å²) in [4.78, 5) is 6.58. The number of nitrogens with one attached hydrogen (secondary N) is 1. The molecule has 0 bridgehead atoms. The first-order valence-electron chi connectivity index (χ1n) is 7.75. The van der Waals surface area contributed by atoms with E-state index in [1.807, 2.05) is 7.05 Å². The van der Waals surface area contributed by atoms with Crippen LogP contribution in [-0.4, -0.2) is 31.5 Å². The van der Waals surface area contributed by atoms with Gasteiger partial charge in [-0.05, 0) is 46.2 Å². The number of hydrogen-bond donors (Lipinski definition) is 1. The molecule has 2 atom stereocenters. The number of benzene rings is 1. The lowest BCUT2D eigenvalue weighted by Gasteiger charge is -2.21. The molecule has 116 valence electrons. The van der Waals surface area contributed by atoms with Crippen LogP contribution in [0.1, 0.15) is 23.5 Å². The fourth-order valence-corrected chi connectivity index (χ4v) is 3.58. The third kappa shape index (κ3) is 3.69. The summed E-state index contributed by atoms with van der Waals surface area (Å²) < 4.78 is 0. The summed E-state index contributed by atoms with van der Waals surface area (Å²) in [6.07, 6.45) is 1.28. The smallest absolute Gasteiger partial charge is 0.193 e. The highest BCUT2D eigenvalue weighted by molar-refractivity contribution is 7.07. The molecule has 2 aromatic rings. The summed E-state index contributed by atoms with van der Waals surface area (Å²) in [6.45, 7) is 1.90.